The van der Waals surface area contributed by atoms with Gasteiger partial charge in [-0.15, -0.1) is 0 Å². The number of para-hydroxylation sites is 1. The molecule has 0 spiro atoms. The minimum atomic E-state index is -0.765. The topological polar surface area (TPSA) is 82.2 Å². The third kappa shape index (κ3) is 2.91. The van der Waals surface area contributed by atoms with Crippen LogP contribution in [-0.2, 0) is 16.0 Å². The minimum Gasteiger partial charge on any atom is -0.481 e. The average Bonchev–Trinajstić information content (AvgIpc) is 2.83. The maximum absolute atomic E-state index is 11.9. The molecule has 0 bridgehead atoms. The molecule has 1 amide bonds. The number of nitrogens with one attached hydrogen (secondary N) is 2. The van der Waals surface area contributed by atoms with Crippen LogP contribution in [0.5, 0.6) is 0 Å². The smallest absolute Gasteiger partial charge is 0.306 e. The van der Waals surface area contributed by atoms with Crippen LogP contribution < -0.4 is 5.32 Å². The molecule has 110 valence electrons. The summed E-state index contributed by atoms with van der Waals surface area (Å²) >= 11 is 0. The Hall–Kier alpha value is -2.30. The third-order valence-electron chi connectivity index (χ3n) is 4.15. The maximum atomic E-state index is 11.9. The molecular weight excluding hydrogens is 268 g/mol. The van der Waals surface area contributed by atoms with Crippen molar-refractivity contribution in [3.63, 3.8) is 0 Å². The van der Waals surface area contributed by atoms with Crippen molar-refractivity contribution in [2.45, 2.75) is 31.7 Å². The van der Waals surface area contributed by atoms with E-state index in [1.54, 1.807) is 0 Å². The Bertz CT molecular complexity index is 671. The Morgan fingerprint density at radius 1 is 1.29 bits per heavy atom. The molecule has 1 aliphatic rings. The van der Waals surface area contributed by atoms with Gasteiger partial charge in [0, 0.05) is 29.6 Å². The van der Waals surface area contributed by atoms with Gasteiger partial charge < -0.3 is 15.4 Å². The molecule has 0 saturated heterocycles. The van der Waals surface area contributed by atoms with Crippen molar-refractivity contribution in [3.05, 3.63) is 36.0 Å². The van der Waals surface area contributed by atoms with Crippen LogP contribution in [0.25, 0.3) is 10.9 Å². The first-order valence-corrected chi connectivity index (χ1v) is 7.20. The van der Waals surface area contributed by atoms with Crippen molar-refractivity contribution in [1.82, 2.24) is 10.3 Å². The summed E-state index contributed by atoms with van der Waals surface area (Å²) in [6.45, 7) is 0. The van der Waals surface area contributed by atoms with Crippen molar-refractivity contribution in [1.29, 1.82) is 0 Å². The number of hydrogen-bond acceptors (Lipinski definition) is 2. The van der Waals surface area contributed by atoms with Crippen molar-refractivity contribution >= 4 is 22.8 Å². The zero-order valence-electron chi connectivity index (χ0n) is 11.6. The molecule has 0 aliphatic heterocycles. The van der Waals surface area contributed by atoms with Gasteiger partial charge in [-0.3, -0.25) is 9.59 Å². The molecule has 21 heavy (non-hydrogen) atoms. The number of fused-ring (bicyclic) bond motifs is 1. The quantitative estimate of drug-likeness (QED) is 0.787. The molecule has 1 saturated carbocycles. The van der Waals surface area contributed by atoms with Crippen LogP contribution >= 0.6 is 0 Å². The summed E-state index contributed by atoms with van der Waals surface area (Å²) in [5, 5.41) is 12.8. The van der Waals surface area contributed by atoms with Crippen molar-refractivity contribution in [2.24, 2.45) is 5.92 Å². The van der Waals surface area contributed by atoms with Crippen LogP contribution in [-0.4, -0.2) is 28.0 Å². The van der Waals surface area contributed by atoms with Gasteiger partial charge in [-0.1, -0.05) is 18.2 Å². The Kier molecular flexibility index (Phi) is 3.64. The summed E-state index contributed by atoms with van der Waals surface area (Å²) < 4.78 is 0. The standard InChI is InChI=1S/C16H18N2O3/c19-15(18-12-7-11(8-12)16(20)21)6-5-10-9-17-14-4-2-1-3-13(10)14/h1-4,9,11-12,17H,5-8H2,(H,18,19)(H,20,21). The maximum Gasteiger partial charge on any atom is 0.306 e. The highest BCUT2D eigenvalue weighted by atomic mass is 16.4. The van der Waals surface area contributed by atoms with E-state index in [4.69, 9.17) is 5.11 Å². The number of carbonyl (C=O) groups is 2. The van der Waals surface area contributed by atoms with Gasteiger partial charge in [0.1, 0.15) is 0 Å². The number of amides is 1. The van der Waals surface area contributed by atoms with Gasteiger partial charge in [0.25, 0.3) is 0 Å². The number of aliphatic carboxylic acids is 1. The number of carbonyl (C=O) groups excluding carboxylic acids is 1. The molecule has 1 heterocycles. The van der Waals surface area contributed by atoms with E-state index in [-0.39, 0.29) is 17.9 Å². The third-order valence-corrected chi connectivity index (χ3v) is 4.15. The number of rotatable bonds is 5. The predicted molar refractivity (Wildman–Crippen MR) is 78.9 cm³/mol. The summed E-state index contributed by atoms with van der Waals surface area (Å²) in [5.74, 6) is -1.06. The van der Waals surface area contributed by atoms with Crippen molar-refractivity contribution < 1.29 is 14.7 Å². The van der Waals surface area contributed by atoms with E-state index in [1.807, 2.05) is 30.5 Å². The largest absolute Gasteiger partial charge is 0.481 e. The molecule has 1 aromatic heterocycles. The number of carboxylic acids is 1. The fraction of sp³-hybridized carbons (Fsp3) is 0.375. The number of aromatic nitrogens is 1. The molecule has 5 heteroatoms. The lowest BCUT2D eigenvalue weighted by atomic mass is 9.80. The molecule has 5 nitrogen and oxygen atoms in total. The Labute approximate surface area is 122 Å². The van der Waals surface area contributed by atoms with E-state index in [2.05, 4.69) is 10.3 Å². The molecule has 1 aliphatic carbocycles. The number of H-pyrrole nitrogens is 1. The zero-order valence-corrected chi connectivity index (χ0v) is 11.6. The first kappa shape index (κ1) is 13.7. The summed E-state index contributed by atoms with van der Waals surface area (Å²) in [4.78, 5) is 25.8. The van der Waals surface area contributed by atoms with Gasteiger partial charge >= 0.3 is 5.97 Å². The first-order valence-electron chi connectivity index (χ1n) is 7.20. The summed E-state index contributed by atoms with van der Waals surface area (Å²) in [6.07, 6.45) is 4.16. The van der Waals surface area contributed by atoms with Gasteiger partial charge in [-0.05, 0) is 30.9 Å². The second-order valence-electron chi connectivity index (χ2n) is 5.63. The summed E-state index contributed by atoms with van der Waals surface area (Å²) in [5.41, 5.74) is 2.22. The number of hydrogen-bond donors (Lipinski definition) is 3. The van der Waals surface area contributed by atoms with Crippen LogP contribution in [0.15, 0.2) is 30.5 Å². The molecule has 2 aromatic rings. The van der Waals surface area contributed by atoms with Crippen LogP contribution in [0.1, 0.15) is 24.8 Å². The van der Waals surface area contributed by atoms with E-state index in [1.165, 1.54) is 0 Å². The van der Waals surface area contributed by atoms with E-state index >= 15 is 0 Å². The molecule has 0 radical (unpaired) electrons. The fourth-order valence-corrected chi connectivity index (χ4v) is 2.82. The van der Waals surface area contributed by atoms with Crippen LogP contribution in [0, 0.1) is 5.92 Å². The number of aromatic amines is 1. The van der Waals surface area contributed by atoms with Gasteiger partial charge in [0.05, 0.1) is 5.92 Å². The Balaban J connectivity index is 1.49. The second-order valence-corrected chi connectivity index (χ2v) is 5.63. The zero-order chi connectivity index (χ0) is 14.8. The Morgan fingerprint density at radius 3 is 2.81 bits per heavy atom. The number of aryl methyl sites for hydroxylation is 1. The molecule has 0 atom stereocenters. The molecule has 1 aromatic carbocycles. The normalized spacial score (nSPS) is 21.0. The van der Waals surface area contributed by atoms with Gasteiger partial charge in [0.2, 0.25) is 5.91 Å². The second kappa shape index (κ2) is 5.60. The minimum absolute atomic E-state index is 0.00544. The molecular formula is C16H18N2O3. The average molecular weight is 286 g/mol. The summed E-state index contributed by atoms with van der Waals surface area (Å²) in [6, 6.07) is 8.05. The van der Waals surface area contributed by atoms with E-state index < -0.39 is 5.97 Å². The lowest BCUT2D eigenvalue weighted by Crippen LogP contribution is -2.46. The highest BCUT2D eigenvalue weighted by molar-refractivity contribution is 5.84. The van der Waals surface area contributed by atoms with E-state index in [0.717, 1.165) is 16.5 Å². The predicted octanol–water partition coefficient (Wildman–Crippen LogP) is 2.08. The van der Waals surface area contributed by atoms with Crippen LogP contribution in [0.2, 0.25) is 0 Å². The molecule has 1 fully saturated rings. The molecule has 3 rings (SSSR count). The van der Waals surface area contributed by atoms with E-state index in [9.17, 15) is 9.59 Å². The fourth-order valence-electron chi connectivity index (χ4n) is 2.82. The molecule has 0 unspecified atom stereocenters. The highest BCUT2D eigenvalue weighted by Gasteiger charge is 2.35. The van der Waals surface area contributed by atoms with Crippen molar-refractivity contribution in [2.75, 3.05) is 0 Å². The van der Waals surface area contributed by atoms with Gasteiger partial charge in [0.15, 0.2) is 0 Å². The lowest BCUT2D eigenvalue weighted by molar-refractivity contribution is -0.146. The highest BCUT2D eigenvalue weighted by Crippen LogP contribution is 2.27. The van der Waals surface area contributed by atoms with Gasteiger partial charge in [-0.2, -0.15) is 0 Å². The SMILES string of the molecule is O=C(CCc1c[nH]c2ccccc12)NC1CC(C(=O)O)C1. The lowest BCUT2D eigenvalue weighted by Gasteiger charge is -2.32. The first-order chi connectivity index (χ1) is 10.1. The van der Waals surface area contributed by atoms with Gasteiger partial charge in [-0.25, -0.2) is 0 Å². The van der Waals surface area contributed by atoms with Crippen molar-refractivity contribution in [3.8, 4) is 0 Å². The number of carboxylic acid groups (broad SMARTS) is 1. The Morgan fingerprint density at radius 2 is 2.05 bits per heavy atom. The monoisotopic (exact) mass is 286 g/mol. The van der Waals surface area contributed by atoms with Crippen LogP contribution in [0.4, 0.5) is 0 Å². The number of benzene rings is 1. The van der Waals surface area contributed by atoms with Crippen LogP contribution in [0.3, 0.4) is 0 Å². The van der Waals surface area contributed by atoms with E-state index in [0.29, 0.717) is 25.7 Å². The summed E-state index contributed by atoms with van der Waals surface area (Å²) in [7, 11) is 0. The molecule has 3 N–H and O–H groups in total.